The summed E-state index contributed by atoms with van der Waals surface area (Å²) < 4.78 is 6.98. The van der Waals surface area contributed by atoms with Crippen LogP contribution in [0.5, 0.6) is 0 Å². The van der Waals surface area contributed by atoms with Gasteiger partial charge < -0.3 is 13.7 Å². The molecule has 0 atom stereocenters. The van der Waals surface area contributed by atoms with Crippen molar-refractivity contribution in [3.8, 4) is 40.3 Å². The Hall–Kier alpha value is -7.86. The van der Waals surface area contributed by atoms with Crippen molar-refractivity contribution in [1.82, 2.24) is 13.7 Å². The van der Waals surface area contributed by atoms with Crippen LogP contribution >= 0.6 is 0 Å². The van der Waals surface area contributed by atoms with E-state index < -0.39 is 0 Å². The number of benzene rings is 8. The van der Waals surface area contributed by atoms with E-state index in [2.05, 4.69) is 159 Å². The second-order valence-corrected chi connectivity index (χ2v) is 14.0. The predicted molar refractivity (Wildman–Crippen MR) is 224 cm³/mol. The maximum Gasteiger partial charge on any atom is 0.0998 e. The fourth-order valence-corrected chi connectivity index (χ4v) is 8.86. The van der Waals surface area contributed by atoms with Gasteiger partial charge in [-0.15, -0.1) is 0 Å². The van der Waals surface area contributed by atoms with E-state index in [-0.39, 0.29) is 0 Å². The minimum Gasteiger partial charge on any atom is -0.309 e. The van der Waals surface area contributed by atoms with E-state index in [1.54, 1.807) is 0 Å². The van der Waals surface area contributed by atoms with E-state index in [0.717, 1.165) is 61.0 Å². The summed E-state index contributed by atoms with van der Waals surface area (Å²) in [6.45, 7) is 0. The van der Waals surface area contributed by atoms with Gasteiger partial charge in [-0.3, -0.25) is 0 Å². The van der Waals surface area contributed by atoms with E-state index in [0.29, 0.717) is 11.1 Å². The first kappa shape index (κ1) is 30.7. The second-order valence-electron chi connectivity index (χ2n) is 14.0. The third-order valence-corrected chi connectivity index (χ3v) is 11.1. The van der Waals surface area contributed by atoms with Gasteiger partial charge in [0, 0.05) is 43.6 Å². The first-order valence-electron chi connectivity index (χ1n) is 18.3. The summed E-state index contributed by atoms with van der Waals surface area (Å²) in [6, 6.07) is 66.0. The van der Waals surface area contributed by atoms with E-state index in [4.69, 9.17) is 0 Å². The maximum absolute atomic E-state index is 10.1. The minimum absolute atomic E-state index is 0.567. The predicted octanol–water partition coefficient (Wildman–Crippen LogP) is 12.4. The summed E-state index contributed by atoms with van der Waals surface area (Å²) in [7, 11) is 0. The van der Waals surface area contributed by atoms with Gasteiger partial charge in [0.25, 0.3) is 0 Å². The molecule has 11 aromatic rings. The summed E-state index contributed by atoms with van der Waals surface area (Å²) >= 11 is 0. The first-order valence-corrected chi connectivity index (χ1v) is 18.3. The third-order valence-electron chi connectivity index (χ3n) is 11.1. The molecule has 0 aliphatic rings. The smallest absolute Gasteiger partial charge is 0.0998 e. The fourth-order valence-electron chi connectivity index (χ4n) is 8.86. The first-order chi connectivity index (χ1) is 27.2. The molecule has 0 saturated heterocycles. The van der Waals surface area contributed by atoms with Crippen LogP contribution in [0, 0.1) is 22.7 Å². The lowest BCUT2D eigenvalue weighted by Crippen LogP contribution is -2.00. The summed E-state index contributed by atoms with van der Waals surface area (Å²) in [4.78, 5) is 0. The lowest BCUT2D eigenvalue weighted by Gasteiger charge is -2.16. The molecular formula is C50H29N5. The summed E-state index contributed by atoms with van der Waals surface area (Å²) in [6.07, 6.45) is 0. The zero-order valence-electron chi connectivity index (χ0n) is 29.5. The second kappa shape index (κ2) is 11.8. The van der Waals surface area contributed by atoms with Crippen molar-refractivity contribution in [3.63, 3.8) is 0 Å². The molecule has 0 unspecified atom stereocenters. The molecule has 0 spiro atoms. The summed E-state index contributed by atoms with van der Waals surface area (Å²) in [5.41, 5.74) is 12.7. The third kappa shape index (κ3) is 4.39. The van der Waals surface area contributed by atoms with E-state index in [9.17, 15) is 10.5 Å². The van der Waals surface area contributed by atoms with Gasteiger partial charge in [0.05, 0.1) is 67.7 Å². The van der Waals surface area contributed by atoms with E-state index in [1.165, 1.54) is 32.6 Å². The van der Waals surface area contributed by atoms with Crippen molar-refractivity contribution >= 4 is 65.4 Å². The molecule has 0 aliphatic carbocycles. The summed E-state index contributed by atoms with van der Waals surface area (Å²) in [5, 5.41) is 27.0. The molecule has 55 heavy (non-hydrogen) atoms. The molecule has 8 aromatic carbocycles. The van der Waals surface area contributed by atoms with Gasteiger partial charge in [0.1, 0.15) is 0 Å². The number of para-hydroxylation sites is 4. The molecule has 5 heteroatoms. The van der Waals surface area contributed by atoms with Crippen LogP contribution in [0.3, 0.4) is 0 Å². The monoisotopic (exact) mass is 699 g/mol. The SMILES string of the molecule is N#Cc1ccc(-c2cccc(-n3c4ccccc4c4c(-n5c6ccccc6c6ccccc65)cccc43)c2)c(-n2c3ccccc3c3c(C#N)cccc32)c1. The van der Waals surface area contributed by atoms with Crippen LogP contribution in [0.15, 0.2) is 176 Å². The van der Waals surface area contributed by atoms with E-state index >= 15 is 0 Å². The molecule has 5 nitrogen and oxygen atoms in total. The Morgan fingerprint density at radius 3 is 1.56 bits per heavy atom. The molecule has 254 valence electrons. The molecule has 3 aromatic heterocycles. The molecule has 0 radical (unpaired) electrons. The highest BCUT2D eigenvalue weighted by molar-refractivity contribution is 6.17. The zero-order valence-corrected chi connectivity index (χ0v) is 29.5. The van der Waals surface area contributed by atoms with Gasteiger partial charge in [-0.1, -0.05) is 103 Å². The van der Waals surface area contributed by atoms with Crippen LogP contribution in [-0.4, -0.2) is 13.7 Å². The van der Waals surface area contributed by atoms with Gasteiger partial charge in [-0.25, -0.2) is 0 Å². The minimum atomic E-state index is 0.567. The average Bonchev–Trinajstić information content (AvgIpc) is 3.89. The topological polar surface area (TPSA) is 62.4 Å². The Balaban J connectivity index is 1.17. The van der Waals surface area contributed by atoms with Crippen LogP contribution in [0.4, 0.5) is 0 Å². The van der Waals surface area contributed by atoms with Crippen molar-refractivity contribution in [2.45, 2.75) is 0 Å². The number of aromatic nitrogens is 3. The molecular weight excluding hydrogens is 671 g/mol. The number of nitriles is 2. The normalized spacial score (nSPS) is 11.6. The maximum atomic E-state index is 10.1. The van der Waals surface area contributed by atoms with E-state index in [1.807, 2.05) is 42.5 Å². The Morgan fingerprint density at radius 2 is 0.891 bits per heavy atom. The number of hydrogen-bond donors (Lipinski definition) is 0. The Morgan fingerprint density at radius 1 is 0.364 bits per heavy atom. The van der Waals surface area contributed by atoms with Crippen LogP contribution < -0.4 is 0 Å². The quantitative estimate of drug-likeness (QED) is 0.184. The largest absolute Gasteiger partial charge is 0.309 e. The number of fused-ring (bicyclic) bond motifs is 9. The van der Waals surface area contributed by atoms with Crippen molar-refractivity contribution in [3.05, 3.63) is 187 Å². The zero-order chi connectivity index (χ0) is 36.6. The molecule has 11 rings (SSSR count). The number of nitrogens with zero attached hydrogens (tertiary/aromatic N) is 5. The van der Waals surface area contributed by atoms with Crippen LogP contribution in [0.2, 0.25) is 0 Å². The van der Waals surface area contributed by atoms with Crippen molar-refractivity contribution in [1.29, 1.82) is 10.5 Å². The molecule has 0 amide bonds. The van der Waals surface area contributed by atoms with Crippen molar-refractivity contribution in [2.75, 3.05) is 0 Å². The average molecular weight is 700 g/mol. The highest BCUT2D eigenvalue weighted by atomic mass is 15.0. The highest BCUT2D eigenvalue weighted by Gasteiger charge is 2.21. The highest BCUT2D eigenvalue weighted by Crippen LogP contribution is 2.42. The van der Waals surface area contributed by atoms with Gasteiger partial charge in [0.2, 0.25) is 0 Å². The molecule has 0 aliphatic heterocycles. The van der Waals surface area contributed by atoms with Crippen molar-refractivity contribution < 1.29 is 0 Å². The number of hydrogen-bond acceptors (Lipinski definition) is 2. The fraction of sp³-hybridized carbons (Fsp3) is 0. The van der Waals surface area contributed by atoms with Gasteiger partial charge >= 0.3 is 0 Å². The van der Waals surface area contributed by atoms with Crippen molar-refractivity contribution in [2.24, 2.45) is 0 Å². The van der Waals surface area contributed by atoms with Crippen LogP contribution in [0.1, 0.15) is 11.1 Å². The Kier molecular flexibility index (Phi) is 6.61. The molecule has 0 fully saturated rings. The summed E-state index contributed by atoms with van der Waals surface area (Å²) in [5.74, 6) is 0. The molecule has 3 heterocycles. The molecule has 0 bridgehead atoms. The van der Waals surface area contributed by atoms with Crippen LogP contribution in [0.25, 0.3) is 93.6 Å². The Labute approximate surface area is 316 Å². The lowest BCUT2D eigenvalue weighted by atomic mass is 10.0. The van der Waals surface area contributed by atoms with Gasteiger partial charge in [0.15, 0.2) is 0 Å². The van der Waals surface area contributed by atoms with Crippen LogP contribution in [-0.2, 0) is 0 Å². The van der Waals surface area contributed by atoms with Gasteiger partial charge in [-0.2, -0.15) is 10.5 Å². The standard InChI is InChI=1S/C50H29N5/c51-30-32-26-27-36(48(28-32)55-44-22-8-3-17-39(44)49-34(31-52)13-10-23-45(49)55)33-12-9-14-35(29-33)53-43-21-7-4-18-40(43)50-46(53)24-11-25-47(50)54-41-19-5-1-15-37(41)38-16-2-6-20-42(38)54/h1-29H. The molecule has 0 saturated carbocycles. The molecule has 0 N–H and O–H groups in total. The lowest BCUT2D eigenvalue weighted by molar-refractivity contribution is 1.16. The number of rotatable bonds is 4. The Bertz CT molecular complexity index is 3420. The van der Waals surface area contributed by atoms with Gasteiger partial charge in [-0.05, 0) is 78.4 Å².